The van der Waals surface area contributed by atoms with Crippen LogP contribution in [0.2, 0.25) is 0 Å². The van der Waals surface area contributed by atoms with Gasteiger partial charge in [-0.05, 0) is 54.0 Å². The predicted octanol–water partition coefficient (Wildman–Crippen LogP) is 1.92. The van der Waals surface area contributed by atoms with Crippen LogP contribution in [0.15, 0.2) is 52.7 Å². The summed E-state index contributed by atoms with van der Waals surface area (Å²) in [6.45, 7) is 0. The van der Waals surface area contributed by atoms with E-state index in [1.54, 1.807) is 6.08 Å². The van der Waals surface area contributed by atoms with Gasteiger partial charge in [0.2, 0.25) is 15.9 Å². The van der Waals surface area contributed by atoms with Crippen molar-refractivity contribution in [1.82, 2.24) is 5.32 Å². The van der Waals surface area contributed by atoms with Crippen LogP contribution in [0, 0.1) is 0 Å². The average Bonchev–Trinajstić information content (AvgIpc) is 2.98. The highest BCUT2D eigenvalue weighted by molar-refractivity contribution is 7.89. The number of carbonyl (C=O) groups is 1. The molecule has 1 aromatic carbocycles. The first-order valence-electron chi connectivity index (χ1n) is 6.31. The molecule has 0 atom stereocenters. The fraction of sp³-hybridized carbons (Fsp3) is 0. The van der Waals surface area contributed by atoms with Crippen LogP contribution >= 0.6 is 23.6 Å². The van der Waals surface area contributed by atoms with Gasteiger partial charge in [-0.25, -0.2) is 13.6 Å². The summed E-state index contributed by atoms with van der Waals surface area (Å²) >= 11 is 6.53. The number of primary sulfonamides is 1. The zero-order chi connectivity index (χ0) is 16.9. The lowest BCUT2D eigenvalue weighted by molar-refractivity contribution is -0.115. The zero-order valence-corrected chi connectivity index (χ0v) is 14.2. The fourth-order valence-electron chi connectivity index (χ4n) is 1.59. The van der Waals surface area contributed by atoms with Crippen molar-refractivity contribution in [2.24, 2.45) is 5.14 Å². The number of anilines is 1. The van der Waals surface area contributed by atoms with Crippen molar-refractivity contribution in [3.05, 3.63) is 52.7 Å². The van der Waals surface area contributed by atoms with E-state index in [0.29, 0.717) is 5.69 Å². The summed E-state index contributed by atoms with van der Waals surface area (Å²) in [6, 6.07) is 9.47. The maximum atomic E-state index is 11.7. The van der Waals surface area contributed by atoms with Crippen molar-refractivity contribution in [2.75, 3.05) is 5.32 Å². The Kier molecular flexibility index (Phi) is 5.61. The Balaban J connectivity index is 1.90. The number of amides is 1. The maximum Gasteiger partial charge on any atom is 0.250 e. The Bertz CT molecular complexity index is 826. The first kappa shape index (κ1) is 17.3. The van der Waals surface area contributed by atoms with Crippen LogP contribution in [0.5, 0.6) is 0 Å². The van der Waals surface area contributed by atoms with Crippen molar-refractivity contribution in [3.8, 4) is 0 Å². The SMILES string of the molecule is NS(=O)(=O)c1ccc(NC(=S)NC(=O)C=Cc2cccs2)cc1. The van der Waals surface area contributed by atoms with Crippen LogP contribution in [0.25, 0.3) is 6.08 Å². The largest absolute Gasteiger partial charge is 0.332 e. The summed E-state index contributed by atoms with van der Waals surface area (Å²) in [6.07, 6.45) is 3.06. The van der Waals surface area contributed by atoms with E-state index in [4.69, 9.17) is 17.4 Å². The van der Waals surface area contributed by atoms with Gasteiger partial charge in [-0.3, -0.25) is 10.1 Å². The Morgan fingerprint density at radius 3 is 2.48 bits per heavy atom. The summed E-state index contributed by atoms with van der Waals surface area (Å²) in [5, 5.41) is 12.3. The number of nitrogens with two attached hydrogens (primary N) is 1. The molecule has 2 rings (SSSR count). The molecule has 1 aromatic heterocycles. The third kappa shape index (κ3) is 5.57. The predicted molar refractivity (Wildman–Crippen MR) is 95.5 cm³/mol. The summed E-state index contributed by atoms with van der Waals surface area (Å²) < 4.78 is 22.3. The van der Waals surface area contributed by atoms with Crippen molar-refractivity contribution in [1.29, 1.82) is 0 Å². The van der Waals surface area contributed by atoms with Crippen LogP contribution in [0.4, 0.5) is 5.69 Å². The number of rotatable bonds is 4. The molecular weight excluding hydrogens is 354 g/mol. The second-order valence-corrected chi connectivity index (χ2v) is 7.31. The normalized spacial score (nSPS) is 11.3. The van der Waals surface area contributed by atoms with Gasteiger partial charge in [0.05, 0.1) is 4.90 Å². The lowest BCUT2D eigenvalue weighted by Gasteiger charge is -2.08. The van der Waals surface area contributed by atoms with E-state index >= 15 is 0 Å². The minimum atomic E-state index is -3.73. The van der Waals surface area contributed by atoms with Crippen LogP contribution in [0.1, 0.15) is 4.88 Å². The minimum absolute atomic E-state index is 0.00288. The molecule has 4 N–H and O–H groups in total. The van der Waals surface area contributed by atoms with Gasteiger partial charge in [-0.1, -0.05) is 6.07 Å². The monoisotopic (exact) mass is 367 g/mol. The molecule has 9 heteroatoms. The van der Waals surface area contributed by atoms with E-state index < -0.39 is 10.0 Å². The Morgan fingerprint density at radius 2 is 1.91 bits per heavy atom. The molecule has 0 bridgehead atoms. The molecule has 0 saturated carbocycles. The lowest BCUT2D eigenvalue weighted by Crippen LogP contribution is -2.32. The smallest absolute Gasteiger partial charge is 0.250 e. The highest BCUT2D eigenvalue weighted by Gasteiger charge is 2.07. The average molecular weight is 367 g/mol. The number of hydrogen-bond donors (Lipinski definition) is 3. The van der Waals surface area contributed by atoms with E-state index in [1.165, 1.54) is 41.7 Å². The number of thiophene rings is 1. The summed E-state index contributed by atoms with van der Waals surface area (Å²) in [4.78, 5) is 12.7. The first-order valence-corrected chi connectivity index (χ1v) is 9.14. The van der Waals surface area contributed by atoms with Gasteiger partial charge in [0.1, 0.15) is 0 Å². The molecule has 0 aliphatic rings. The first-order chi connectivity index (χ1) is 10.8. The van der Waals surface area contributed by atoms with Gasteiger partial charge in [0.25, 0.3) is 0 Å². The lowest BCUT2D eigenvalue weighted by atomic mass is 10.3. The molecule has 0 saturated heterocycles. The number of hydrogen-bond acceptors (Lipinski definition) is 5. The van der Waals surface area contributed by atoms with E-state index in [-0.39, 0.29) is 15.9 Å². The molecule has 0 aliphatic heterocycles. The molecule has 0 radical (unpaired) electrons. The molecule has 1 amide bonds. The second-order valence-electron chi connectivity index (χ2n) is 4.36. The number of sulfonamides is 1. The summed E-state index contributed by atoms with van der Waals surface area (Å²) in [5.41, 5.74) is 0.532. The fourth-order valence-corrected chi connectivity index (χ4v) is 2.94. The molecule has 23 heavy (non-hydrogen) atoms. The van der Waals surface area contributed by atoms with Gasteiger partial charge in [-0.2, -0.15) is 0 Å². The van der Waals surface area contributed by atoms with E-state index in [1.807, 2.05) is 17.5 Å². The number of carbonyl (C=O) groups excluding carboxylic acids is 1. The third-order valence-corrected chi connectivity index (χ3v) is 4.59. The van der Waals surface area contributed by atoms with E-state index in [2.05, 4.69) is 10.6 Å². The van der Waals surface area contributed by atoms with Gasteiger partial charge in [0, 0.05) is 16.6 Å². The third-order valence-electron chi connectivity index (χ3n) is 2.62. The summed E-state index contributed by atoms with van der Waals surface area (Å²) in [7, 11) is -3.73. The van der Waals surface area contributed by atoms with Crippen LogP contribution in [-0.2, 0) is 14.8 Å². The minimum Gasteiger partial charge on any atom is -0.332 e. The van der Waals surface area contributed by atoms with Crippen LogP contribution in [0.3, 0.4) is 0 Å². The topological polar surface area (TPSA) is 101 Å². The highest BCUT2D eigenvalue weighted by atomic mass is 32.2. The summed E-state index contributed by atoms with van der Waals surface area (Å²) in [5.74, 6) is -0.364. The Hall–Kier alpha value is -2.07. The van der Waals surface area contributed by atoms with Gasteiger partial charge >= 0.3 is 0 Å². The molecule has 0 unspecified atom stereocenters. The van der Waals surface area contributed by atoms with Crippen molar-refractivity contribution >= 4 is 56.4 Å². The Morgan fingerprint density at radius 1 is 1.22 bits per heavy atom. The second kappa shape index (κ2) is 7.47. The number of benzene rings is 1. The van der Waals surface area contributed by atoms with Gasteiger partial charge in [0.15, 0.2) is 5.11 Å². The molecule has 0 spiro atoms. The number of thiocarbonyl (C=S) groups is 1. The van der Waals surface area contributed by atoms with Crippen molar-refractivity contribution < 1.29 is 13.2 Å². The van der Waals surface area contributed by atoms with Gasteiger partial charge in [-0.15, -0.1) is 11.3 Å². The molecule has 0 fully saturated rings. The van der Waals surface area contributed by atoms with E-state index in [0.717, 1.165) is 4.88 Å². The molecule has 1 heterocycles. The van der Waals surface area contributed by atoms with Gasteiger partial charge < -0.3 is 5.32 Å². The highest BCUT2D eigenvalue weighted by Crippen LogP contribution is 2.12. The molecule has 2 aromatic rings. The molecular formula is C14H13N3O3S3. The Labute approximate surface area is 143 Å². The zero-order valence-electron chi connectivity index (χ0n) is 11.7. The molecule has 0 aliphatic carbocycles. The standard InChI is InChI=1S/C14H13N3O3S3/c15-23(19,20)12-6-3-10(4-7-12)16-14(21)17-13(18)8-5-11-2-1-9-22-11/h1-9H,(H2,15,19,20)(H2,16,17,18,21). The van der Waals surface area contributed by atoms with Crippen molar-refractivity contribution in [2.45, 2.75) is 4.90 Å². The van der Waals surface area contributed by atoms with Crippen LogP contribution in [-0.4, -0.2) is 19.4 Å². The maximum absolute atomic E-state index is 11.7. The van der Waals surface area contributed by atoms with E-state index in [9.17, 15) is 13.2 Å². The molecule has 120 valence electrons. The quantitative estimate of drug-likeness (QED) is 0.566. The van der Waals surface area contributed by atoms with Crippen LogP contribution < -0.4 is 15.8 Å². The molecule has 6 nitrogen and oxygen atoms in total. The number of nitrogens with one attached hydrogen (secondary N) is 2. The van der Waals surface area contributed by atoms with Crippen molar-refractivity contribution in [3.63, 3.8) is 0 Å².